The van der Waals surface area contributed by atoms with E-state index < -0.39 is 0 Å². The van der Waals surface area contributed by atoms with Crippen LogP contribution in [0.3, 0.4) is 0 Å². The molecule has 4 heteroatoms. The molecular formula is C15H25BrN2S. The van der Waals surface area contributed by atoms with Crippen molar-refractivity contribution in [2.24, 2.45) is 17.6 Å². The quantitative estimate of drug-likeness (QED) is 0.890. The van der Waals surface area contributed by atoms with E-state index >= 15 is 0 Å². The van der Waals surface area contributed by atoms with Gasteiger partial charge in [0, 0.05) is 33.4 Å². The predicted molar refractivity (Wildman–Crippen MR) is 87.7 cm³/mol. The first-order valence-electron chi connectivity index (χ1n) is 7.15. The zero-order chi connectivity index (χ0) is 14.2. The van der Waals surface area contributed by atoms with E-state index in [1.807, 2.05) is 11.3 Å². The van der Waals surface area contributed by atoms with E-state index in [1.54, 1.807) is 0 Å². The predicted octanol–water partition coefficient (Wildman–Crippen LogP) is 4.19. The van der Waals surface area contributed by atoms with E-state index in [1.165, 1.54) is 27.2 Å². The van der Waals surface area contributed by atoms with Crippen LogP contribution < -0.4 is 5.73 Å². The van der Waals surface area contributed by atoms with Crippen LogP contribution in [-0.4, -0.2) is 24.0 Å². The molecular weight excluding hydrogens is 320 g/mol. The van der Waals surface area contributed by atoms with Gasteiger partial charge >= 0.3 is 0 Å². The first-order chi connectivity index (χ1) is 8.93. The molecule has 0 amide bonds. The molecule has 0 bridgehead atoms. The Morgan fingerprint density at radius 3 is 2.68 bits per heavy atom. The summed E-state index contributed by atoms with van der Waals surface area (Å²) in [7, 11) is 0. The number of nitrogens with two attached hydrogens (primary N) is 1. The number of rotatable bonds is 3. The van der Waals surface area contributed by atoms with E-state index in [0.29, 0.717) is 18.6 Å². The molecule has 0 aliphatic carbocycles. The molecule has 0 spiro atoms. The third-order valence-electron chi connectivity index (χ3n) is 4.47. The minimum atomic E-state index is 0.371. The Kier molecular flexibility index (Phi) is 5.09. The van der Waals surface area contributed by atoms with E-state index in [9.17, 15) is 0 Å². The van der Waals surface area contributed by atoms with Gasteiger partial charge in [-0.3, -0.25) is 4.90 Å². The van der Waals surface area contributed by atoms with Crippen LogP contribution in [0.1, 0.15) is 43.0 Å². The fourth-order valence-corrected chi connectivity index (χ4v) is 4.93. The molecule has 1 aromatic rings. The maximum atomic E-state index is 6.10. The second-order valence-electron chi connectivity index (χ2n) is 6.06. The van der Waals surface area contributed by atoms with Crippen molar-refractivity contribution in [1.29, 1.82) is 0 Å². The summed E-state index contributed by atoms with van der Waals surface area (Å²) in [5, 5.41) is 0. The molecule has 0 radical (unpaired) electrons. The van der Waals surface area contributed by atoms with Gasteiger partial charge in [0.05, 0.1) is 6.04 Å². The third-order valence-corrected chi connectivity index (χ3v) is 6.71. The lowest BCUT2D eigenvalue weighted by molar-refractivity contribution is 0.0437. The summed E-state index contributed by atoms with van der Waals surface area (Å²) in [5.74, 6) is 1.52. The van der Waals surface area contributed by atoms with Crippen molar-refractivity contribution in [3.05, 3.63) is 20.3 Å². The van der Waals surface area contributed by atoms with Gasteiger partial charge in [0.1, 0.15) is 0 Å². The Labute approximate surface area is 129 Å². The van der Waals surface area contributed by atoms with Crippen LogP contribution in [0, 0.1) is 18.8 Å². The van der Waals surface area contributed by atoms with Crippen molar-refractivity contribution >= 4 is 27.3 Å². The summed E-state index contributed by atoms with van der Waals surface area (Å²) in [6.07, 6.45) is 1.34. The van der Waals surface area contributed by atoms with Gasteiger partial charge < -0.3 is 5.73 Å². The van der Waals surface area contributed by atoms with E-state index in [4.69, 9.17) is 5.73 Å². The lowest BCUT2D eigenvalue weighted by Gasteiger charge is -2.45. The first kappa shape index (κ1) is 15.5. The Morgan fingerprint density at radius 1 is 1.47 bits per heavy atom. The van der Waals surface area contributed by atoms with Crippen molar-refractivity contribution in [2.45, 2.75) is 46.2 Å². The largest absolute Gasteiger partial charge is 0.329 e. The molecule has 1 fully saturated rings. The average Bonchev–Trinajstić information content (AvgIpc) is 2.66. The monoisotopic (exact) mass is 344 g/mol. The topological polar surface area (TPSA) is 29.3 Å². The summed E-state index contributed by atoms with van der Waals surface area (Å²) in [6.45, 7) is 11.1. The SMILES string of the molecule is Cc1sc(C(CN)N2CC(C)CC(C)C2C)cc1Br. The van der Waals surface area contributed by atoms with Gasteiger partial charge in [0.25, 0.3) is 0 Å². The standard InChI is InChI=1S/C15H25BrN2S/c1-9-5-10(2)11(3)18(8-9)14(7-17)15-6-13(16)12(4)19-15/h6,9-11,14H,5,7-8,17H2,1-4H3. The lowest BCUT2D eigenvalue weighted by atomic mass is 9.85. The van der Waals surface area contributed by atoms with Crippen molar-refractivity contribution in [3.63, 3.8) is 0 Å². The fraction of sp³-hybridized carbons (Fsp3) is 0.733. The van der Waals surface area contributed by atoms with Crippen LogP contribution in [-0.2, 0) is 0 Å². The van der Waals surface area contributed by atoms with Crippen LogP contribution in [0.2, 0.25) is 0 Å². The zero-order valence-corrected chi connectivity index (χ0v) is 14.7. The van der Waals surface area contributed by atoms with E-state index in [-0.39, 0.29) is 0 Å². The van der Waals surface area contributed by atoms with E-state index in [2.05, 4.69) is 54.6 Å². The Hall–Kier alpha value is 0.100. The molecule has 2 nitrogen and oxygen atoms in total. The number of halogens is 1. The average molecular weight is 345 g/mol. The van der Waals surface area contributed by atoms with Gasteiger partial charge in [-0.2, -0.15) is 0 Å². The summed E-state index contributed by atoms with van der Waals surface area (Å²) in [4.78, 5) is 5.37. The smallest absolute Gasteiger partial charge is 0.0567 e. The van der Waals surface area contributed by atoms with Gasteiger partial charge in [-0.1, -0.05) is 13.8 Å². The lowest BCUT2D eigenvalue weighted by Crippen LogP contribution is -2.49. The van der Waals surface area contributed by atoms with Gasteiger partial charge in [0.15, 0.2) is 0 Å². The highest BCUT2D eigenvalue weighted by Gasteiger charge is 2.34. The zero-order valence-electron chi connectivity index (χ0n) is 12.3. The van der Waals surface area contributed by atoms with Gasteiger partial charge in [0.2, 0.25) is 0 Å². The summed E-state index contributed by atoms with van der Waals surface area (Å²) in [5.41, 5.74) is 6.10. The Morgan fingerprint density at radius 2 is 2.16 bits per heavy atom. The van der Waals surface area contributed by atoms with Gasteiger partial charge in [-0.15, -0.1) is 11.3 Å². The molecule has 1 aliphatic heterocycles. The normalized spacial score (nSPS) is 30.5. The molecule has 2 N–H and O–H groups in total. The van der Waals surface area contributed by atoms with Crippen molar-refractivity contribution < 1.29 is 0 Å². The molecule has 4 atom stereocenters. The molecule has 4 unspecified atom stereocenters. The fourth-order valence-electron chi connectivity index (χ4n) is 3.23. The summed E-state index contributed by atoms with van der Waals surface area (Å²) >= 11 is 5.50. The second-order valence-corrected chi connectivity index (χ2v) is 8.20. The molecule has 19 heavy (non-hydrogen) atoms. The van der Waals surface area contributed by atoms with Crippen LogP contribution in [0.4, 0.5) is 0 Å². The number of nitrogens with zero attached hydrogens (tertiary/aromatic N) is 1. The van der Waals surface area contributed by atoms with Crippen LogP contribution in [0.5, 0.6) is 0 Å². The molecule has 1 saturated heterocycles. The third kappa shape index (κ3) is 3.23. The number of likely N-dealkylation sites (tertiary alicyclic amines) is 1. The van der Waals surface area contributed by atoms with Gasteiger partial charge in [-0.05, 0) is 54.1 Å². The minimum absolute atomic E-state index is 0.371. The Bertz CT molecular complexity index is 412. The highest BCUT2D eigenvalue weighted by atomic mass is 79.9. The summed E-state index contributed by atoms with van der Waals surface area (Å²) in [6, 6.07) is 3.25. The summed E-state index contributed by atoms with van der Waals surface area (Å²) < 4.78 is 1.22. The van der Waals surface area contributed by atoms with Crippen LogP contribution >= 0.6 is 27.3 Å². The van der Waals surface area contributed by atoms with Crippen LogP contribution in [0.15, 0.2) is 10.5 Å². The maximum Gasteiger partial charge on any atom is 0.0567 e. The Balaban J connectivity index is 2.25. The maximum absolute atomic E-state index is 6.10. The minimum Gasteiger partial charge on any atom is -0.329 e. The molecule has 1 aliphatic rings. The number of thiophene rings is 1. The molecule has 1 aromatic heterocycles. The number of aryl methyl sites for hydroxylation is 1. The van der Waals surface area contributed by atoms with Crippen molar-refractivity contribution in [3.8, 4) is 0 Å². The molecule has 0 aromatic carbocycles. The molecule has 2 heterocycles. The number of piperidine rings is 1. The molecule has 108 valence electrons. The number of hydrogen-bond donors (Lipinski definition) is 1. The molecule has 0 saturated carbocycles. The van der Waals surface area contributed by atoms with E-state index in [0.717, 1.165) is 11.8 Å². The first-order valence-corrected chi connectivity index (χ1v) is 8.76. The second kappa shape index (κ2) is 6.25. The number of hydrogen-bond acceptors (Lipinski definition) is 3. The van der Waals surface area contributed by atoms with Crippen LogP contribution in [0.25, 0.3) is 0 Å². The van der Waals surface area contributed by atoms with Crippen molar-refractivity contribution in [1.82, 2.24) is 4.90 Å². The van der Waals surface area contributed by atoms with Gasteiger partial charge in [-0.25, -0.2) is 0 Å². The molecule has 2 rings (SSSR count). The highest BCUT2D eigenvalue weighted by Crippen LogP contribution is 2.38. The highest BCUT2D eigenvalue weighted by molar-refractivity contribution is 9.10. The van der Waals surface area contributed by atoms with Crippen molar-refractivity contribution in [2.75, 3.05) is 13.1 Å².